The van der Waals surface area contributed by atoms with Crippen LogP contribution in [-0.2, 0) is 4.74 Å². The van der Waals surface area contributed by atoms with Crippen molar-refractivity contribution >= 4 is 45.4 Å². The van der Waals surface area contributed by atoms with Crippen molar-refractivity contribution in [1.29, 1.82) is 0 Å². The molecule has 1 amide bonds. The summed E-state index contributed by atoms with van der Waals surface area (Å²) in [4.78, 5) is 26.4. The standard InChI is InChI=1S/C11H12BrClN2O4/c1-11(2,3)19-10(18)15-8-5(9(16)17)4-6(12)7(13)14-8/h4H,1-3H3,(H,16,17)(H,14,15,18). The van der Waals surface area contributed by atoms with Gasteiger partial charge in [-0.3, -0.25) is 5.32 Å². The van der Waals surface area contributed by atoms with Gasteiger partial charge in [-0.1, -0.05) is 11.6 Å². The number of carboxylic acid groups (broad SMARTS) is 1. The fraction of sp³-hybridized carbons (Fsp3) is 0.364. The van der Waals surface area contributed by atoms with E-state index in [0.29, 0.717) is 4.47 Å². The van der Waals surface area contributed by atoms with Crippen molar-refractivity contribution in [2.75, 3.05) is 5.32 Å². The highest BCUT2D eigenvalue weighted by Gasteiger charge is 2.21. The zero-order chi connectivity index (χ0) is 14.8. The van der Waals surface area contributed by atoms with Gasteiger partial charge < -0.3 is 9.84 Å². The molecule has 1 rings (SSSR count). The number of aromatic nitrogens is 1. The molecule has 104 valence electrons. The number of carbonyl (C=O) groups is 2. The average Bonchev–Trinajstić information content (AvgIpc) is 2.19. The van der Waals surface area contributed by atoms with Gasteiger partial charge in [0.15, 0.2) is 5.82 Å². The van der Waals surface area contributed by atoms with E-state index >= 15 is 0 Å². The SMILES string of the molecule is CC(C)(C)OC(=O)Nc1nc(Cl)c(Br)cc1C(=O)O. The number of carbonyl (C=O) groups excluding carboxylic acids is 1. The van der Waals surface area contributed by atoms with Crippen LogP contribution in [0.2, 0.25) is 5.15 Å². The first-order valence-electron chi connectivity index (χ1n) is 5.19. The lowest BCUT2D eigenvalue weighted by Gasteiger charge is -2.19. The largest absolute Gasteiger partial charge is 0.478 e. The maximum atomic E-state index is 11.6. The van der Waals surface area contributed by atoms with Gasteiger partial charge in [0.25, 0.3) is 0 Å². The van der Waals surface area contributed by atoms with E-state index in [9.17, 15) is 9.59 Å². The van der Waals surface area contributed by atoms with E-state index < -0.39 is 17.7 Å². The summed E-state index contributed by atoms with van der Waals surface area (Å²) in [5, 5.41) is 11.3. The molecule has 1 heterocycles. The van der Waals surface area contributed by atoms with Gasteiger partial charge in [-0.25, -0.2) is 14.6 Å². The second-order valence-corrected chi connectivity index (χ2v) is 5.80. The van der Waals surface area contributed by atoms with Crippen LogP contribution in [0, 0.1) is 0 Å². The van der Waals surface area contributed by atoms with E-state index in [4.69, 9.17) is 21.4 Å². The smallest absolute Gasteiger partial charge is 0.413 e. The van der Waals surface area contributed by atoms with E-state index in [1.165, 1.54) is 6.07 Å². The molecule has 0 aliphatic rings. The van der Waals surface area contributed by atoms with Crippen LogP contribution < -0.4 is 5.32 Å². The summed E-state index contributed by atoms with van der Waals surface area (Å²) in [5.41, 5.74) is -0.894. The van der Waals surface area contributed by atoms with E-state index in [1.807, 2.05) is 0 Å². The number of hydrogen-bond acceptors (Lipinski definition) is 4. The predicted molar refractivity (Wildman–Crippen MR) is 73.8 cm³/mol. The maximum Gasteiger partial charge on any atom is 0.413 e. The topological polar surface area (TPSA) is 88.5 Å². The Morgan fingerprint density at radius 1 is 1.47 bits per heavy atom. The van der Waals surface area contributed by atoms with E-state index in [-0.39, 0.29) is 16.5 Å². The number of hydrogen-bond donors (Lipinski definition) is 2. The molecule has 0 unspecified atom stereocenters. The van der Waals surface area contributed by atoms with Crippen LogP contribution in [0.5, 0.6) is 0 Å². The Kier molecular flexibility index (Phi) is 4.75. The van der Waals surface area contributed by atoms with Crippen LogP contribution >= 0.6 is 27.5 Å². The van der Waals surface area contributed by atoms with Gasteiger partial charge in [-0.2, -0.15) is 0 Å². The highest BCUT2D eigenvalue weighted by atomic mass is 79.9. The molecule has 1 aromatic heterocycles. The second kappa shape index (κ2) is 5.75. The molecule has 0 atom stereocenters. The number of carboxylic acids is 1. The summed E-state index contributed by atoms with van der Waals surface area (Å²) in [5.74, 6) is -1.41. The number of pyridine rings is 1. The molecular weight excluding hydrogens is 339 g/mol. The van der Waals surface area contributed by atoms with Crippen molar-refractivity contribution in [2.24, 2.45) is 0 Å². The van der Waals surface area contributed by atoms with Crippen molar-refractivity contribution < 1.29 is 19.4 Å². The Labute approximate surface area is 123 Å². The van der Waals surface area contributed by atoms with Crippen LogP contribution in [0.25, 0.3) is 0 Å². The van der Waals surface area contributed by atoms with Crippen molar-refractivity contribution in [3.05, 3.63) is 21.3 Å². The van der Waals surface area contributed by atoms with Crippen molar-refractivity contribution in [1.82, 2.24) is 4.98 Å². The lowest BCUT2D eigenvalue weighted by atomic mass is 10.2. The first kappa shape index (κ1) is 15.7. The van der Waals surface area contributed by atoms with E-state index in [1.54, 1.807) is 20.8 Å². The lowest BCUT2D eigenvalue weighted by Crippen LogP contribution is -2.28. The fourth-order valence-electron chi connectivity index (χ4n) is 1.13. The normalized spacial score (nSPS) is 11.0. The van der Waals surface area contributed by atoms with Crippen molar-refractivity contribution in [3.63, 3.8) is 0 Å². The molecule has 0 aromatic carbocycles. The molecule has 1 aromatic rings. The molecule has 0 aliphatic carbocycles. The summed E-state index contributed by atoms with van der Waals surface area (Å²) in [6, 6.07) is 1.25. The van der Waals surface area contributed by atoms with Crippen LogP contribution in [0.15, 0.2) is 10.5 Å². The third-order valence-corrected chi connectivity index (χ3v) is 2.90. The second-order valence-electron chi connectivity index (χ2n) is 4.59. The van der Waals surface area contributed by atoms with Gasteiger partial charge in [0.1, 0.15) is 16.3 Å². The third-order valence-electron chi connectivity index (χ3n) is 1.78. The predicted octanol–water partition coefficient (Wildman–Crippen LogP) is 3.54. The van der Waals surface area contributed by atoms with Gasteiger partial charge in [0.05, 0.1) is 4.47 Å². The molecule has 0 spiro atoms. The third kappa shape index (κ3) is 4.68. The summed E-state index contributed by atoms with van der Waals surface area (Å²) >= 11 is 8.83. The van der Waals surface area contributed by atoms with Crippen molar-refractivity contribution in [2.45, 2.75) is 26.4 Å². The van der Waals surface area contributed by atoms with Gasteiger partial charge in [0.2, 0.25) is 0 Å². The number of halogens is 2. The Balaban J connectivity index is 3.03. The maximum absolute atomic E-state index is 11.6. The molecule has 2 N–H and O–H groups in total. The molecule has 0 aliphatic heterocycles. The number of anilines is 1. The Hall–Kier alpha value is -1.34. The number of ether oxygens (including phenoxy) is 1. The summed E-state index contributed by atoms with van der Waals surface area (Å²) in [7, 11) is 0. The lowest BCUT2D eigenvalue weighted by molar-refractivity contribution is 0.0635. The number of rotatable bonds is 2. The number of amides is 1. The number of nitrogens with zero attached hydrogens (tertiary/aromatic N) is 1. The molecule has 0 saturated carbocycles. The van der Waals surface area contributed by atoms with Gasteiger partial charge in [0, 0.05) is 0 Å². The average molecular weight is 352 g/mol. The fourth-order valence-corrected chi connectivity index (χ4v) is 1.58. The van der Waals surface area contributed by atoms with Crippen LogP contribution in [0.1, 0.15) is 31.1 Å². The van der Waals surface area contributed by atoms with Crippen LogP contribution in [-0.4, -0.2) is 27.8 Å². The zero-order valence-corrected chi connectivity index (χ0v) is 12.8. The Morgan fingerprint density at radius 2 is 2.05 bits per heavy atom. The minimum absolute atomic E-state index is 0.0380. The monoisotopic (exact) mass is 350 g/mol. The highest BCUT2D eigenvalue weighted by molar-refractivity contribution is 9.10. The minimum Gasteiger partial charge on any atom is -0.478 e. The number of nitrogens with one attached hydrogen (secondary N) is 1. The molecule has 19 heavy (non-hydrogen) atoms. The number of aromatic carboxylic acids is 1. The quantitative estimate of drug-likeness (QED) is 0.796. The highest BCUT2D eigenvalue weighted by Crippen LogP contribution is 2.26. The molecule has 8 heteroatoms. The van der Waals surface area contributed by atoms with Crippen LogP contribution in [0.4, 0.5) is 10.6 Å². The zero-order valence-electron chi connectivity index (χ0n) is 10.5. The summed E-state index contributed by atoms with van der Waals surface area (Å²) in [6.07, 6.45) is -0.805. The van der Waals surface area contributed by atoms with Crippen molar-refractivity contribution in [3.8, 4) is 0 Å². The summed E-state index contributed by atoms with van der Waals surface area (Å²) in [6.45, 7) is 5.06. The Morgan fingerprint density at radius 3 is 2.53 bits per heavy atom. The molecular formula is C11H12BrClN2O4. The molecule has 6 nitrogen and oxygen atoms in total. The van der Waals surface area contributed by atoms with Crippen LogP contribution in [0.3, 0.4) is 0 Å². The van der Waals surface area contributed by atoms with Gasteiger partial charge in [-0.05, 0) is 42.8 Å². The summed E-state index contributed by atoms with van der Waals surface area (Å²) < 4.78 is 5.33. The molecule has 0 radical (unpaired) electrons. The molecule has 0 saturated heterocycles. The molecule has 0 fully saturated rings. The van der Waals surface area contributed by atoms with Gasteiger partial charge in [-0.15, -0.1) is 0 Å². The first-order chi connectivity index (χ1) is 8.60. The van der Waals surface area contributed by atoms with E-state index in [0.717, 1.165) is 0 Å². The van der Waals surface area contributed by atoms with Gasteiger partial charge >= 0.3 is 12.1 Å². The Bertz CT molecular complexity index is 528. The first-order valence-corrected chi connectivity index (χ1v) is 6.36. The van der Waals surface area contributed by atoms with E-state index in [2.05, 4.69) is 26.2 Å². The minimum atomic E-state index is -1.24. The molecule has 0 bridgehead atoms.